The predicted octanol–water partition coefficient (Wildman–Crippen LogP) is 4.24. The van der Waals surface area contributed by atoms with Gasteiger partial charge in [0.2, 0.25) is 5.82 Å². The van der Waals surface area contributed by atoms with Crippen molar-refractivity contribution in [1.82, 2.24) is 10.1 Å². The number of ether oxygens (including phenoxy) is 2. The maximum atomic E-state index is 12.1. The van der Waals surface area contributed by atoms with Crippen LogP contribution in [0.2, 0.25) is 0 Å². The van der Waals surface area contributed by atoms with Crippen molar-refractivity contribution in [3.05, 3.63) is 65.5 Å². The highest BCUT2D eigenvalue weighted by Gasteiger charge is 2.18. The summed E-state index contributed by atoms with van der Waals surface area (Å²) in [5, 5.41) is 12.7. The van der Waals surface area contributed by atoms with E-state index in [0.29, 0.717) is 23.1 Å². The van der Waals surface area contributed by atoms with Gasteiger partial charge in [-0.2, -0.15) is 10.2 Å². The van der Waals surface area contributed by atoms with Gasteiger partial charge in [-0.25, -0.2) is 4.79 Å². The first-order valence-electron chi connectivity index (χ1n) is 9.22. The van der Waals surface area contributed by atoms with E-state index in [9.17, 15) is 4.79 Å². The summed E-state index contributed by atoms with van der Waals surface area (Å²) in [4.78, 5) is 16.4. The summed E-state index contributed by atoms with van der Waals surface area (Å²) in [6, 6.07) is 16.4. The molecule has 1 heterocycles. The zero-order valence-corrected chi connectivity index (χ0v) is 16.5. The first kappa shape index (κ1) is 20.1. The second-order valence-corrected chi connectivity index (χ2v) is 6.79. The Morgan fingerprint density at radius 3 is 2.41 bits per heavy atom. The summed E-state index contributed by atoms with van der Waals surface area (Å²) in [6.45, 7) is 5.69. The lowest BCUT2D eigenvalue weighted by molar-refractivity contribution is -0.153. The second-order valence-electron chi connectivity index (χ2n) is 6.79. The minimum absolute atomic E-state index is 0.142. The number of hydrogen-bond donors (Lipinski definition) is 0. The SMILES string of the molecule is CC(C)c1ccc(-c2noc(COC(=O)[C@@H](C)Oc3ccc(C#N)cc3)n2)cc1. The van der Waals surface area contributed by atoms with Crippen LogP contribution in [0.4, 0.5) is 0 Å². The van der Waals surface area contributed by atoms with E-state index >= 15 is 0 Å². The molecule has 0 amide bonds. The summed E-state index contributed by atoms with van der Waals surface area (Å²) in [6.07, 6.45) is -0.825. The average Bonchev–Trinajstić information content (AvgIpc) is 3.21. The van der Waals surface area contributed by atoms with E-state index in [-0.39, 0.29) is 12.5 Å². The van der Waals surface area contributed by atoms with E-state index < -0.39 is 12.1 Å². The van der Waals surface area contributed by atoms with Crippen molar-refractivity contribution in [1.29, 1.82) is 5.26 Å². The Morgan fingerprint density at radius 2 is 1.79 bits per heavy atom. The molecule has 2 aromatic carbocycles. The fourth-order valence-electron chi connectivity index (χ4n) is 2.56. The summed E-state index contributed by atoms with van der Waals surface area (Å²) >= 11 is 0. The Bertz CT molecular complexity index is 1000. The van der Waals surface area contributed by atoms with Crippen molar-refractivity contribution >= 4 is 5.97 Å². The molecule has 0 fully saturated rings. The summed E-state index contributed by atoms with van der Waals surface area (Å²) < 4.78 is 15.9. The number of esters is 1. The summed E-state index contributed by atoms with van der Waals surface area (Å²) in [7, 11) is 0. The molecular formula is C22H21N3O4. The Morgan fingerprint density at radius 1 is 1.10 bits per heavy atom. The first-order valence-corrected chi connectivity index (χ1v) is 9.22. The molecule has 0 saturated carbocycles. The molecule has 3 rings (SSSR count). The molecule has 0 N–H and O–H groups in total. The van der Waals surface area contributed by atoms with Crippen LogP contribution >= 0.6 is 0 Å². The topological polar surface area (TPSA) is 98.2 Å². The number of hydrogen-bond acceptors (Lipinski definition) is 7. The van der Waals surface area contributed by atoms with Crippen LogP contribution in [-0.4, -0.2) is 22.2 Å². The Kier molecular flexibility index (Phi) is 6.25. The van der Waals surface area contributed by atoms with E-state index in [1.54, 1.807) is 31.2 Å². The Hall–Kier alpha value is -3.66. The third-order valence-corrected chi connectivity index (χ3v) is 4.27. The highest BCUT2D eigenvalue weighted by atomic mass is 16.6. The molecule has 148 valence electrons. The van der Waals surface area contributed by atoms with Crippen LogP contribution in [0.15, 0.2) is 53.1 Å². The molecule has 0 radical (unpaired) electrons. The molecule has 1 atom stereocenters. The van der Waals surface area contributed by atoms with Gasteiger partial charge in [-0.3, -0.25) is 0 Å². The molecule has 29 heavy (non-hydrogen) atoms. The standard InChI is InChI=1S/C22H21N3O4/c1-14(2)17-6-8-18(9-7-17)21-24-20(29-25-21)13-27-22(26)15(3)28-19-10-4-16(12-23)5-11-19/h4-11,14-15H,13H2,1-3H3/t15-/m1/s1. The highest BCUT2D eigenvalue weighted by Crippen LogP contribution is 2.21. The van der Waals surface area contributed by atoms with Crippen LogP contribution in [0.25, 0.3) is 11.4 Å². The third kappa shape index (κ3) is 5.20. The van der Waals surface area contributed by atoms with Crippen LogP contribution in [0, 0.1) is 11.3 Å². The molecule has 3 aromatic rings. The van der Waals surface area contributed by atoms with E-state index in [1.807, 2.05) is 30.3 Å². The maximum absolute atomic E-state index is 12.1. The van der Waals surface area contributed by atoms with Gasteiger partial charge >= 0.3 is 5.97 Å². The van der Waals surface area contributed by atoms with Crippen molar-refractivity contribution in [2.75, 3.05) is 0 Å². The van der Waals surface area contributed by atoms with Gasteiger partial charge in [-0.15, -0.1) is 0 Å². The molecule has 0 aliphatic heterocycles. The summed E-state index contributed by atoms with van der Waals surface area (Å²) in [5.74, 6) is 0.992. The number of nitrogens with zero attached hydrogens (tertiary/aromatic N) is 3. The lowest BCUT2D eigenvalue weighted by Crippen LogP contribution is -2.26. The van der Waals surface area contributed by atoms with Crippen molar-refractivity contribution in [2.45, 2.75) is 39.4 Å². The molecule has 0 aliphatic rings. The lowest BCUT2D eigenvalue weighted by atomic mass is 10.0. The van der Waals surface area contributed by atoms with Gasteiger partial charge < -0.3 is 14.0 Å². The average molecular weight is 391 g/mol. The summed E-state index contributed by atoms with van der Waals surface area (Å²) in [5.41, 5.74) is 2.56. The van der Waals surface area contributed by atoms with Crippen molar-refractivity contribution in [3.63, 3.8) is 0 Å². The number of carbonyl (C=O) groups excluding carboxylic acids is 1. The van der Waals surface area contributed by atoms with Crippen LogP contribution in [0.3, 0.4) is 0 Å². The fourth-order valence-corrected chi connectivity index (χ4v) is 2.56. The molecule has 0 unspecified atom stereocenters. The zero-order valence-electron chi connectivity index (χ0n) is 16.5. The number of rotatable bonds is 7. The number of carbonyl (C=O) groups is 1. The molecule has 7 heteroatoms. The maximum Gasteiger partial charge on any atom is 0.347 e. The van der Waals surface area contributed by atoms with E-state index in [2.05, 4.69) is 24.0 Å². The van der Waals surface area contributed by atoms with E-state index in [0.717, 1.165) is 5.56 Å². The normalized spacial score (nSPS) is 11.7. The van der Waals surface area contributed by atoms with Gasteiger partial charge in [0, 0.05) is 5.56 Å². The molecule has 0 spiro atoms. The number of nitriles is 1. The fraction of sp³-hybridized carbons (Fsp3) is 0.273. The van der Waals surface area contributed by atoms with Crippen molar-refractivity contribution in [2.24, 2.45) is 0 Å². The van der Waals surface area contributed by atoms with Gasteiger partial charge in [-0.1, -0.05) is 43.3 Å². The minimum atomic E-state index is -0.825. The Labute approximate surface area is 168 Å². The molecule has 1 aromatic heterocycles. The van der Waals surface area contributed by atoms with Gasteiger partial charge in [0.15, 0.2) is 12.7 Å². The highest BCUT2D eigenvalue weighted by molar-refractivity contribution is 5.74. The molecule has 0 bridgehead atoms. The molecular weight excluding hydrogens is 370 g/mol. The number of aromatic nitrogens is 2. The third-order valence-electron chi connectivity index (χ3n) is 4.27. The van der Waals surface area contributed by atoms with Gasteiger partial charge in [-0.05, 0) is 42.7 Å². The van der Waals surface area contributed by atoms with E-state index in [4.69, 9.17) is 19.3 Å². The predicted molar refractivity (Wildman–Crippen MR) is 105 cm³/mol. The van der Waals surface area contributed by atoms with Crippen LogP contribution in [-0.2, 0) is 16.1 Å². The second kappa shape index (κ2) is 9.02. The Balaban J connectivity index is 1.54. The molecule has 0 saturated heterocycles. The first-order chi connectivity index (χ1) is 14.0. The lowest BCUT2D eigenvalue weighted by Gasteiger charge is -2.13. The monoisotopic (exact) mass is 391 g/mol. The van der Waals surface area contributed by atoms with Crippen LogP contribution in [0.5, 0.6) is 5.75 Å². The minimum Gasteiger partial charge on any atom is -0.479 e. The smallest absolute Gasteiger partial charge is 0.347 e. The van der Waals surface area contributed by atoms with Crippen LogP contribution < -0.4 is 4.74 Å². The number of benzene rings is 2. The van der Waals surface area contributed by atoms with Crippen molar-refractivity contribution < 1.29 is 18.8 Å². The molecule has 7 nitrogen and oxygen atoms in total. The largest absolute Gasteiger partial charge is 0.479 e. The van der Waals surface area contributed by atoms with Gasteiger partial charge in [0.25, 0.3) is 5.89 Å². The van der Waals surface area contributed by atoms with Crippen molar-refractivity contribution in [3.8, 4) is 23.2 Å². The molecule has 0 aliphatic carbocycles. The van der Waals surface area contributed by atoms with E-state index in [1.165, 1.54) is 5.56 Å². The van der Waals surface area contributed by atoms with Gasteiger partial charge in [0.1, 0.15) is 5.75 Å². The van der Waals surface area contributed by atoms with Gasteiger partial charge in [0.05, 0.1) is 11.6 Å². The zero-order chi connectivity index (χ0) is 20.8. The van der Waals surface area contributed by atoms with Crippen LogP contribution in [0.1, 0.15) is 43.7 Å². The quantitative estimate of drug-likeness (QED) is 0.555.